The Bertz CT molecular complexity index is 860. The zero-order valence-electron chi connectivity index (χ0n) is 15.6. The summed E-state index contributed by atoms with van der Waals surface area (Å²) in [7, 11) is 0. The quantitative estimate of drug-likeness (QED) is 0.662. The maximum absolute atomic E-state index is 12.1. The highest BCUT2D eigenvalue weighted by Crippen LogP contribution is 2.21. The van der Waals surface area contributed by atoms with Crippen molar-refractivity contribution in [3.63, 3.8) is 0 Å². The van der Waals surface area contributed by atoms with Crippen LogP contribution in [0.4, 0.5) is 0 Å². The average Bonchev–Trinajstić information content (AvgIpc) is 2.69. The molecular formula is C22H23N3O2. The number of amides is 1. The van der Waals surface area contributed by atoms with Crippen molar-refractivity contribution in [3.05, 3.63) is 72.6 Å². The molecule has 0 atom stereocenters. The van der Waals surface area contributed by atoms with Gasteiger partial charge in [0.15, 0.2) is 0 Å². The van der Waals surface area contributed by atoms with E-state index < -0.39 is 0 Å². The summed E-state index contributed by atoms with van der Waals surface area (Å²) in [5.41, 5.74) is 2.45. The Morgan fingerprint density at radius 2 is 1.63 bits per heavy atom. The first-order valence-corrected chi connectivity index (χ1v) is 9.05. The number of carbonyl (C=O) groups excluding carboxylic acids is 1. The van der Waals surface area contributed by atoms with Gasteiger partial charge in [0, 0.05) is 30.1 Å². The highest BCUT2D eigenvalue weighted by molar-refractivity contribution is 5.94. The molecule has 5 nitrogen and oxygen atoms in total. The highest BCUT2D eigenvalue weighted by atomic mass is 16.5. The predicted molar refractivity (Wildman–Crippen MR) is 106 cm³/mol. The number of carbonyl (C=O) groups is 1. The lowest BCUT2D eigenvalue weighted by atomic mass is 10.1. The fourth-order valence-electron chi connectivity index (χ4n) is 2.50. The molecule has 1 amide bonds. The molecule has 1 aromatic heterocycles. The molecule has 0 bridgehead atoms. The summed E-state index contributed by atoms with van der Waals surface area (Å²) in [6.45, 7) is 4.97. The summed E-state index contributed by atoms with van der Waals surface area (Å²) in [6, 6.07) is 17.1. The topological polar surface area (TPSA) is 64.1 Å². The lowest BCUT2D eigenvalue weighted by Crippen LogP contribution is -2.25. The van der Waals surface area contributed by atoms with E-state index in [2.05, 4.69) is 29.1 Å². The van der Waals surface area contributed by atoms with Gasteiger partial charge < -0.3 is 10.1 Å². The van der Waals surface area contributed by atoms with Crippen LogP contribution in [-0.2, 0) is 0 Å². The van der Waals surface area contributed by atoms with Crippen LogP contribution in [0, 0.1) is 5.92 Å². The van der Waals surface area contributed by atoms with Gasteiger partial charge in [0.1, 0.15) is 5.75 Å². The molecule has 3 rings (SSSR count). The molecule has 0 aliphatic rings. The van der Waals surface area contributed by atoms with Crippen LogP contribution >= 0.6 is 0 Å². The van der Waals surface area contributed by atoms with E-state index in [4.69, 9.17) is 4.74 Å². The van der Waals surface area contributed by atoms with Crippen molar-refractivity contribution in [1.29, 1.82) is 0 Å². The summed E-state index contributed by atoms with van der Waals surface area (Å²) in [5.74, 6) is 1.21. The van der Waals surface area contributed by atoms with Gasteiger partial charge in [-0.3, -0.25) is 4.79 Å². The Kier molecular flexibility index (Phi) is 6.15. The second-order valence-corrected chi connectivity index (χ2v) is 6.69. The first kappa shape index (κ1) is 18.6. The Morgan fingerprint density at radius 3 is 2.26 bits per heavy atom. The Morgan fingerprint density at radius 1 is 0.963 bits per heavy atom. The van der Waals surface area contributed by atoms with Crippen molar-refractivity contribution in [2.45, 2.75) is 20.3 Å². The fraction of sp³-hybridized carbons (Fsp3) is 0.227. The van der Waals surface area contributed by atoms with Gasteiger partial charge in [0.25, 0.3) is 5.91 Å². The van der Waals surface area contributed by atoms with Crippen molar-refractivity contribution < 1.29 is 9.53 Å². The molecule has 5 heteroatoms. The number of para-hydroxylation sites is 1. The highest BCUT2D eigenvalue weighted by Gasteiger charge is 2.07. The van der Waals surface area contributed by atoms with Gasteiger partial charge in [-0.1, -0.05) is 44.2 Å². The molecule has 1 heterocycles. The second-order valence-electron chi connectivity index (χ2n) is 6.69. The molecule has 0 saturated carbocycles. The van der Waals surface area contributed by atoms with E-state index >= 15 is 0 Å². The third kappa shape index (κ3) is 5.38. The molecule has 0 spiro atoms. The minimum Gasteiger partial charge on any atom is -0.424 e. The molecular weight excluding hydrogens is 338 g/mol. The van der Waals surface area contributed by atoms with Crippen LogP contribution in [0.5, 0.6) is 11.8 Å². The fourth-order valence-corrected chi connectivity index (χ4v) is 2.50. The zero-order valence-corrected chi connectivity index (χ0v) is 15.6. The first-order valence-electron chi connectivity index (χ1n) is 9.05. The maximum Gasteiger partial charge on any atom is 0.321 e. The molecule has 0 radical (unpaired) electrons. The van der Waals surface area contributed by atoms with Gasteiger partial charge in [-0.05, 0) is 42.2 Å². The number of hydrogen-bond acceptors (Lipinski definition) is 4. The van der Waals surface area contributed by atoms with E-state index in [1.54, 1.807) is 12.4 Å². The molecule has 1 N–H and O–H groups in total. The second kappa shape index (κ2) is 8.94. The van der Waals surface area contributed by atoms with Crippen molar-refractivity contribution in [2.75, 3.05) is 6.54 Å². The van der Waals surface area contributed by atoms with Crippen LogP contribution in [0.1, 0.15) is 30.6 Å². The summed E-state index contributed by atoms with van der Waals surface area (Å²) in [6.07, 6.45) is 4.39. The van der Waals surface area contributed by atoms with Crippen LogP contribution in [0.25, 0.3) is 11.1 Å². The van der Waals surface area contributed by atoms with E-state index in [-0.39, 0.29) is 5.91 Å². The number of aromatic nitrogens is 2. The number of benzene rings is 2. The summed E-state index contributed by atoms with van der Waals surface area (Å²) in [5, 5.41) is 2.94. The lowest BCUT2D eigenvalue weighted by Gasteiger charge is -2.08. The third-order valence-corrected chi connectivity index (χ3v) is 4.07. The maximum atomic E-state index is 12.1. The van der Waals surface area contributed by atoms with Gasteiger partial charge in [-0.15, -0.1) is 0 Å². The minimum atomic E-state index is -0.0509. The molecule has 3 aromatic rings. The van der Waals surface area contributed by atoms with Crippen LogP contribution < -0.4 is 10.1 Å². The summed E-state index contributed by atoms with van der Waals surface area (Å²) in [4.78, 5) is 20.6. The van der Waals surface area contributed by atoms with E-state index in [1.165, 1.54) is 0 Å². The van der Waals surface area contributed by atoms with Crippen LogP contribution in [0.15, 0.2) is 67.0 Å². The van der Waals surface area contributed by atoms with Crippen molar-refractivity contribution in [3.8, 4) is 22.9 Å². The minimum absolute atomic E-state index is 0.0509. The van der Waals surface area contributed by atoms with E-state index in [9.17, 15) is 4.79 Å². The molecule has 0 aliphatic carbocycles. The smallest absolute Gasteiger partial charge is 0.321 e. The largest absolute Gasteiger partial charge is 0.424 e. The van der Waals surface area contributed by atoms with Crippen LogP contribution in [0.2, 0.25) is 0 Å². The van der Waals surface area contributed by atoms with E-state index in [0.29, 0.717) is 29.8 Å². The van der Waals surface area contributed by atoms with E-state index in [1.807, 2.05) is 54.6 Å². The molecule has 138 valence electrons. The number of nitrogens with zero attached hydrogens (tertiary/aromatic N) is 2. The lowest BCUT2D eigenvalue weighted by molar-refractivity contribution is 0.0952. The molecule has 0 unspecified atom stereocenters. The molecule has 27 heavy (non-hydrogen) atoms. The van der Waals surface area contributed by atoms with Gasteiger partial charge in [0.2, 0.25) is 0 Å². The normalized spacial score (nSPS) is 10.6. The van der Waals surface area contributed by atoms with Gasteiger partial charge in [-0.2, -0.15) is 0 Å². The number of nitrogens with one attached hydrogen (secondary N) is 1. The Balaban J connectivity index is 1.62. The average molecular weight is 361 g/mol. The zero-order chi connectivity index (χ0) is 19.1. The Hall–Kier alpha value is -3.21. The van der Waals surface area contributed by atoms with Crippen LogP contribution in [-0.4, -0.2) is 22.4 Å². The van der Waals surface area contributed by atoms with Crippen molar-refractivity contribution >= 4 is 5.91 Å². The third-order valence-electron chi connectivity index (χ3n) is 4.07. The Labute approximate surface area is 159 Å². The molecule has 0 fully saturated rings. The van der Waals surface area contributed by atoms with Crippen molar-refractivity contribution in [2.24, 2.45) is 5.92 Å². The monoisotopic (exact) mass is 361 g/mol. The predicted octanol–water partition coefficient (Wildman–Crippen LogP) is 4.71. The number of rotatable bonds is 7. The molecule has 2 aromatic carbocycles. The SMILES string of the molecule is CC(C)CCNC(=O)c1ccc(-c2cnc(Oc3ccccc3)nc2)cc1. The summed E-state index contributed by atoms with van der Waals surface area (Å²) >= 11 is 0. The number of hydrogen-bond donors (Lipinski definition) is 1. The van der Waals surface area contributed by atoms with Gasteiger partial charge >= 0.3 is 6.01 Å². The first-order chi connectivity index (χ1) is 13.1. The van der Waals surface area contributed by atoms with Gasteiger partial charge in [-0.25, -0.2) is 9.97 Å². The van der Waals surface area contributed by atoms with Crippen LogP contribution in [0.3, 0.4) is 0 Å². The molecule has 0 saturated heterocycles. The van der Waals surface area contributed by atoms with Gasteiger partial charge in [0.05, 0.1) is 0 Å². The summed E-state index contributed by atoms with van der Waals surface area (Å²) < 4.78 is 5.60. The van der Waals surface area contributed by atoms with Crippen molar-refractivity contribution in [1.82, 2.24) is 15.3 Å². The van der Waals surface area contributed by atoms with E-state index in [0.717, 1.165) is 17.5 Å². The number of ether oxygens (including phenoxy) is 1. The molecule has 0 aliphatic heterocycles. The standard InChI is InChI=1S/C22H23N3O2/c1-16(2)12-13-23-21(26)18-10-8-17(9-11-18)19-14-24-22(25-15-19)27-20-6-4-3-5-7-20/h3-11,14-16H,12-13H2,1-2H3,(H,23,26).